The van der Waals surface area contributed by atoms with Gasteiger partial charge in [-0.3, -0.25) is 4.79 Å². The smallest absolute Gasteiger partial charge is 0.417 e. The van der Waals surface area contributed by atoms with E-state index in [1.165, 1.54) is 18.2 Å². The molecule has 3 aromatic rings. The summed E-state index contributed by atoms with van der Waals surface area (Å²) in [5.74, 6) is 0.121. The molecule has 0 saturated heterocycles. The Morgan fingerprint density at radius 2 is 1.80 bits per heavy atom. The van der Waals surface area contributed by atoms with Crippen molar-refractivity contribution in [2.45, 2.75) is 12.8 Å². The van der Waals surface area contributed by atoms with Crippen molar-refractivity contribution in [3.8, 4) is 17.1 Å². The molecule has 0 spiro atoms. The van der Waals surface area contributed by atoms with Gasteiger partial charge in [0.25, 0.3) is 5.89 Å². The topological polar surface area (TPSA) is 65.2 Å². The van der Waals surface area contributed by atoms with Crippen LogP contribution in [0.5, 0.6) is 5.75 Å². The SMILES string of the molecule is O=Cc1ccccc1OCc1nc(-c2ccccc2C(F)(F)F)no1. The van der Waals surface area contributed by atoms with Crippen LogP contribution in [0, 0.1) is 0 Å². The van der Waals surface area contributed by atoms with Gasteiger partial charge in [-0.2, -0.15) is 18.2 Å². The van der Waals surface area contributed by atoms with E-state index in [-0.39, 0.29) is 23.9 Å². The van der Waals surface area contributed by atoms with Crippen molar-refractivity contribution in [2.75, 3.05) is 0 Å². The Bertz CT molecular complexity index is 891. The highest BCUT2D eigenvalue weighted by Gasteiger charge is 2.34. The van der Waals surface area contributed by atoms with Crippen LogP contribution in [0.2, 0.25) is 0 Å². The van der Waals surface area contributed by atoms with Crippen molar-refractivity contribution < 1.29 is 27.2 Å². The van der Waals surface area contributed by atoms with Crippen LogP contribution in [-0.4, -0.2) is 16.4 Å². The van der Waals surface area contributed by atoms with E-state index in [0.717, 1.165) is 6.07 Å². The Kier molecular flexibility index (Phi) is 4.51. The first kappa shape index (κ1) is 16.7. The van der Waals surface area contributed by atoms with Crippen LogP contribution < -0.4 is 4.74 Å². The molecule has 0 saturated carbocycles. The number of carbonyl (C=O) groups excluding carboxylic acids is 1. The lowest BCUT2D eigenvalue weighted by Gasteiger charge is -2.09. The summed E-state index contributed by atoms with van der Waals surface area (Å²) in [6, 6.07) is 11.5. The lowest BCUT2D eigenvalue weighted by molar-refractivity contribution is -0.137. The number of para-hydroxylation sites is 1. The molecular weight excluding hydrogens is 337 g/mol. The van der Waals surface area contributed by atoms with Crippen LogP contribution in [-0.2, 0) is 12.8 Å². The number of carbonyl (C=O) groups is 1. The van der Waals surface area contributed by atoms with E-state index in [0.29, 0.717) is 17.6 Å². The van der Waals surface area contributed by atoms with Crippen LogP contribution in [0.3, 0.4) is 0 Å². The number of aldehydes is 1. The molecule has 0 aliphatic heterocycles. The second kappa shape index (κ2) is 6.76. The third-order valence-corrected chi connectivity index (χ3v) is 3.34. The van der Waals surface area contributed by atoms with Gasteiger partial charge in [0.1, 0.15) is 5.75 Å². The van der Waals surface area contributed by atoms with Gasteiger partial charge in [-0.25, -0.2) is 0 Å². The highest BCUT2D eigenvalue weighted by atomic mass is 19.4. The van der Waals surface area contributed by atoms with Crippen molar-refractivity contribution in [3.05, 3.63) is 65.5 Å². The third kappa shape index (κ3) is 3.68. The van der Waals surface area contributed by atoms with Crippen LogP contribution >= 0.6 is 0 Å². The predicted octanol–water partition coefficient (Wildman–Crippen LogP) is 4.15. The van der Waals surface area contributed by atoms with Crippen LogP contribution in [0.25, 0.3) is 11.4 Å². The molecule has 25 heavy (non-hydrogen) atoms. The van der Waals surface area contributed by atoms with Gasteiger partial charge in [-0.1, -0.05) is 35.5 Å². The van der Waals surface area contributed by atoms with Crippen LogP contribution in [0.1, 0.15) is 21.8 Å². The number of hydrogen-bond acceptors (Lipinski definition) is 5. The number of aromatic nitrogens is 2. The standard InChI is InChI=1S/C17H11F3N2O3/c18-17(19,20)13-7-3-2-6-12(13)16-21-15(25-22-16)10-24-14-8-4-1-5-11(14)9-23/h1-9H,10H2. The fourth-order valence-electron chi connectivity index (χ4n) is 2.20. The Morgan fingerprint density at radius 3 is 2.56 bits per heavy atom. The lowest BCUT2D eigenvalue weighted by Crippen LogP contribution is -2.07. The quantitative estimate of drug-likeness (QED) is 0.648. The van der Waals surface area contributed by atoms with E-state index in [1.54, 1.807) is 24.3 Å². The number of benzene rings is 2. The van der Waals surface area contributed by atoms with Crippen molar-refractivity contribution >= 4 is 6.29 Å². The Morgan fingerprint density at radius 1 is 1.08 bits per heavy atom. The monoisotopic (exact) mass is 348 g/mol. The first-order chi connectivity index (χ1) is 12.0. The fourth-order valence-corrected chi connectivity index (χ4v) is 2.20. The molecule has 2 aromatic carbocycles. The second-order valence-corrected chi connectivity index (χ2v) is 5.00. The summed E-state index contributed by atoms with van der Waals surface area (Å²) >= 11 is 0. The van der Waals surface area contributed by atoms with E-state index in [9.17, 15) is 18.0 Å². The molecule has 0 aliphatic rings. The van der Waals surface area contributed by atoms with Crippen LogP contribution in [0.15, 0.2) is 53.1 Å². The Labute approximate surface area is 140 Å². The molecule has 0 unspecified atom stereocenters. The second-order valence-electron chi connectivity index (χ2n) is 5.00. The van der Waals surface area contributed by atoms with Gasteiger partial charge in [0.05, 0.1) is 11.1 Å². The normalized spacial score (nSPS) is 11.3. The summed E-state index contributed by atoms with van der Waals surface area (Å²) in [4.78, 5) is 14.9. The van der Waals surface area contributed by atoms with E-state index >= 15 is 0 Å². The molecule has 8 heteroatoms. The third-order valence-electron chi connectivity index (χ3n) is 3.34. The van der Waals surface area contributed by atoms with E-state index < -0.39 is 11.7 Å². The Hall–Kier alpha value is -3.16. The zero-order chi connectivity index (χ0) is 17.9. The van der Waals surface area contributed by atoms with Crippen molar-refractivity contribution in [1.82, 2.24) is 10.1 Å². The van der Waals surface area contributed by atoms with Crippen molar-refractivity contribution in [2.24, 2.45) is 0 Å². The number of alkyl halides is 3. The number of hydrogen-bond donors (Lipinski definition) is 0. The molecule has 3 rings (SSSR count). The number of nitrogens with zero attached hydrogens (tertiary/aromatic N) is 2. The van der Waals surface area contributed by atoms with E-state index in [4.69, 9.17) is 9.26 Å². The predicted molar refractivity (Wildman–Crippen MR) is 80.9 cm³/mol. The summed E-state index contributed by atoms with van der Waals surface area (Å²) in [6.45, 7) is -0.175. The van der Waals surface area contributed by atoms with Crippen molar-refractivity contribution in [3.63, 3.8) is 0 Å². The van der Waals surface area contributed by atoms with Gasteiger partial charge in [0, 0.05) is 5.56 Å². The summed E-state index contributed by atoms with van der Waals surface area (Å²) in [6.07, 6.45) is -3.90. The van der Waals surface area contributed by atoms with Gasteiger partial charge in [0.15, 0.2) is 12.9 Å². The minimum absolute atomic E-state index is 0.00678. The largest absolute Gasteiger partial charge is 0.483 e. The van der Waals surface area contributed by atoms with Gasteiger partial charge < -0.3 is 9.26 Å². The molecule has 0 amide bonds. The number of rotatable bonds is 5. The summed E-state index contributed by atoms with van der Waals surface area (Å²) < 4.78 is 49.5. The molecule has 0 radical (unpaired) electrons. The molecule has 0 bridgehead atoms. The minimum Gasteiger partial charge on any atom is -0.483 e. The highest BCUT2D eigenvalue weighted by Crippen LogP contribution is 2.35. The maximum absolute atomic E-state index is 13.0. The van der Waals surface area contributed by atoms with Gasteiger partial charge in [0.2, 0.25) is 5.82 Å². The average molecular weight is 348 g/mol. The molecule has 0 aliphatic carbocycles. The molecule has 5 nitrogen and oxygen atoms in total. The van der Waals surface area contributed by atoms with Gasteiger partial charge >= 0.3 is 6.18 Å². The zero-order valence-corrected chi connectivity index (χ0v) is 12.7. The van der Waals surface area contributed by atoms with E-state index in [2.05, 4.69) is 10.1 Å². The number of halogens is 3. The maximum atomic E-state index is 13.0. The fraction of sp³-hybridized carbons (Fsp3) is 0.118. The minimum atomic E-state index is -4.53. The summed E-state index contributed by atoms with van der Waals surface area (Å²) in [5.41, 5.74) is -0.697. The first-order valence-electron chi connectivity index (χ1n) is 7.15. The summed E-state index contributed by atoms with van der Waals surface area (Å²) in [5, 5.41) is 3.58. The highest BCUT2D eigenvalue weighted by molar-refractivity contribution is 5.79. The molecule has 0 fully saturated rings. The summed E-state index contributed by atoms with van der Waals surface area (Å²) in [7, 11) is 0. The lowest BCUT2D eigenvalue weighted by atomic mass is 10.1. The van der Waals surface area contributed by atoms with Crippen molar-refractivity contribution in [1.29, 1.82) is 0 Å². The van der Waals surface area contributed by atoms with Gasteiger partial charge in [-0.15, -0.1) is 0 Å². The first-order valence-corrected chi connectivity index (χ1v) is 7.15. The zero-order valence-electron chi connectivity index (χ0n) is 12.7. The average Bonchev–Trinajstić information content (AvgIpc) is 3.08. The van der Waals surface area contributed by atoms with Gasteiger partial charge in [-0.05, 0) is 18.2 Å². The van der Waals surface area contributed by atoms with Crippen LogP contribution in [0.4, 0.5) is 13.2 Å². The number of ether oxygens (including phenoxy) is 1. The Balaban J connectivity index is 1.81. The molecule has 1 aromatic heterocycles. The molecule has 1 heterocycles. The molecular formula is C17H11F3N2O3. The molecule has 0 atom stereocenters. The molecule has 0 N–H and O–H groups in total. The molecule has 128 valence electrons. The maximum Gasteiger partial charge on any atom is 0.417 e. The van der Waals surface area contributed by atoms with E-state index in [1.807, 2.05) is 0 Å².